The lowest BCUT2D eigenvalue weighted by Gasteiger charge is -2.14. The Kier molecular flexibility index (Phi) is 5.89. The number of rotatable bonds is 6. The van der Waals surface area contributed by atoms with E-state index < -0.39 is 11.5 Å². The third-order valence-corrected chi connectivity index (χ3v) is 5.42. The summed E-state index contributed by atoms with van der Waals surface area (Å²) in [6, 6.07) is 20.0. The number of H-pyrrole nitrogens is 1. The fourth-order valence-electron chi connectivity index (χ4n) is 3.62. The molecule has 2 aromatic heterocycles. The number of aromatic nitrogens is 3. The average molecular weight is 428 g/mol. The highest BCUT2D eigenvalue weighted by molar-refractivity contribution is 5.94. The van der Waals surface area contributed by atoms with Crippen LogP contribution in [0.1, 0.15) is 34.6 Å². The molecule has 0 spiro atoms. The van der Waals surface area contributed by atoms with Gasteiger partial charge in [-0.1, -0.05) is 18.2 Å². The van der Waals surface area contributed by atoms with Gasteiger partial charge >= 0.3 is 0 Å². The van der Waals surface area contributed by atoms with Crippen LogP contribution in [0.4, 0.5) is 0 Å². The molecule has 2 aromatic carbocycles. The Hall–Kier alpha value is -4.13. The summed E-state index contributed by atoms with van der Waals surface area (Å²) in [5, 5.41) is 7.36. The number of nitrogens with one attached hydrogen (secondary N) is 2. The van der Waals surface area contributed by atoms with Crippen LogP contribution in [0.15, 0.2) is 77.7 Å². The summed E-state index contributed by atoms with van der Waals surface area (Å²) in [5.41, 5.74) is 3.82. The lowest BCUT2D eigenvalue weighted by Crippen LogP contribution is -2.31. The molecule has 0 saturated heterocycles. The Morgan fingerprint density at radius 3 is 2.44 bits per heavy atom. The van der Waals surface area contributed by atoms with Gasteiger partial charge in [0, 0.05) is 17.0 Å². The Morgan fingerprint density at radius 1 is 1.06 bits per heavy atom. The highest BCUT2D eigenvalue weighted by atomic mass is 16.5. The van der Waals surface area contributed by atoms with Crippen molar-refractivity contribution in [2.75, 3.05) is 7.11 Å². The van der Waals surface area contributed by atoms with Crippen LogP contribution in [0.2, 0.25) is 0 Å². The summed E-state index contributed by atoms with van der Waals surface area (Å²) in [5.74, 6) is 0.291. The number of pyridine rings is 1. The fourth-order valence-corrected chi connectivity index (χ4v) is 3.62. The molecule has 0 aliphatic rings. The number of hydrogen-bond acceptors (Lipinski definition) is 4. The van der Waals surface area contributed by atoms with Gasteiger partial charge in [-0.2, -0.15) is 5.10 Å². The summed E-state index contributed by atoms with van der Waals surface area (Å²) in [4.78, 5) is 28.2. The largest absolute Gasteiger partial charge is 0.497 e. The third-order valence-electron chi connectivity index (χ3n) is 5.42. The predicted molar refractivity (Wildman–Crippen MR) is 123 cm³/mol. The average Bonchev–Trinajstić information content (AvgIpc) is 3.21. The van der Waals surface area contributed by atoms with Crippen molar-refractivity contribution in [2.45, 2.75) is 19.9 Å². The van der Waals surface area contributed by atoms with Crippen LogP contribution in [0.5, 0.6) is 5.75 Å². The molecule has 1 atom stereocenters. The van der Waals surface area contributed by atoms with E-state index >= 15 is 0 Å². The van der Waals surface area contributed by atoms with Crippen molar-refractivity contribution >= 4 is 5.91 Å². The van der Waals surface area contributed by atoms with Gasteiger partial charge in [-0.25, -0.2) is 4.68 Å². The Balaban J connectivity index is 1.51. The highest BCUT2D eigenvalue weighted by Gasteiger charge is 2.19. The van der Waals surface area contributed by atoms with Crippen LogP contribution < -0.4 is 15.6 Å². The molecule has 0 saturated carbocycles. The van der Waals surface area contributed by atoms with Gasteiger partial charge in [-0.3, -0.25) is 9.59 Å². The number of nitrogens with zero attached hydrogens (tertiary/aromatic N) is 2. The van der Waals surface area contributed by atoms with E-state index in [1.165, 1.54) is 0 Å². The number of hydrogen-bond donors (Lipinski definition) is 2. The van der Waals surface area contributed by atoms with E-state index in [1.807, 2.05) is 73.1 Å². The smallest absolute Gasteiger partial charge is 0.261 e. The van der Waals surface area contributed by atoms with Gasteiger partial charge in [0.2, 0.25) is 0 Å². The second-order valence-electron chi connectivity index (χ2n) is 7.47. The van der Waals surface area contributed by atoms with E-state index in [9.17, 15) is 9.59 Å². The van der Waals surface area contributed by atoms with Crippen LogP contribution in [0.25, 0.3) is 16.9 Å². The highest BCUT2D eigenvalue weighted by Crippen LogP contribution is 2.21. The Labute approximate surface area is 185 Å². The van der Waals surface area contributed by atoms with Crippen LogP contribution in [-0.2, 0) is 0 Å². The van der Waals surface area contributed by atoms with Gasteiger partial charge in [-0.05, 0) is 67.9 Å². The molecule has 162 valence electrons. The SMILES string of the molecule is COc1ccc(-c2ccc(C(=O)N[C@@H](C)c3cnn(-c4ccccc4)c3C)c(=O)[nH]2)cc1. The number of methoxy groups -OCH3 is 1. The molecule has 4 aromatic rings. The molecule has 0 unspecified atom stereocenters. The Bertz CT molecular complexity index is 1290. The number of amides is 1. The normalized spacial score (nSPS) is 11.7. The van der Waals surface area contributed by atoms with Crippen LogP contribution >= 0.6 is 0 Å². The number of benzene rings is 2. The molecular weight excluding hydrogens is 404 g/mol. The van der Waals surface area contributed by atoms with E-state index in [-0.39, 0.29) is 11.6 Å². The van der Waals surface area contributed by atoms with Gasteiger partial charge in [0.25, 0.3) is 11.5 Å². The maximum absolute atomic E-state index is 12.8. The minimum atomic E-state index is -0.445. The lowest BCUT2D eigenvalue weighted by molar-refractivity contribution is 0.0938. The zero-order valence-electron chi connectivity index (χ0n) is 18.1. The van der Waals surface area contributed by atoms with E-state index in [1.54, 1.807) is 25.4 Å². The van der Waals surface area contributed by atoms with Gasteiger partial charge in [-0.15, -0.1) is 0 Å². The van der Waals surface area contributed by atoms with Crippen molar-refractivity contribution in [1.29, 1.82) is 0 Å². The summed E-state index contributed by atoms with van der Waals surface area (Å²) in [7, 11) is 1.60. The minimum absolute atomic E-state index is 0.0576. The first-order chi connectivity index (χ1) is 15.5. The van der Waals surface area contributed by atoms with E-state index in [0.717, 1.165) is 28.3 Å². The molecule has 1 amide bonds. The molecule has 0 radical (unpaired) electrons. The first kappa shape index (κ1) is 21.1. The molecule has 7 nitrogen and oxygen atoms in total. The predicted octanol–water partition coefficient (Wildman–Crippen LogP) is 4.04. The van der Waals surface area contributed by atoms with Crippen LogP contribution in [0, 0.1) is 6.92 Å². The third kappa shape index (κ3) is 4.18. The minimum Gasteiger partial charge on any atom is -0.497 e. The second-order valence-corrected chi connectivity index (χ2v) is 7.47. The van der Waals surface area contributed by atoms with Crippen LogP contribution in [0.3, 0.4) is 0 Å². The quantitative estimate of drug-likeness (QED) is 0.485. The van der Waals surface area contributed by atoms with E-state index in [2.05, 4.69) is 15.4 Å². The number of para-hydroxylation sites is 1. The molecule has 0 aliphatic heterocycles. The maximum Gasteiger partial charge on any atom is 0.261 e. The lowest BCUT2D eigenvalue weighted by atomic mass is 10.1. The zero-order chi connectivity index (χ0) is 22.7. The first-order valence-corrected chi connectivity index (χ1v) is 10.3. The van der Waals surface area contributed by atoms with Crippen molar-refractivity contribution in [1.82, 2.24) is 20.1 Å². The topological polar surface area (TPSA) is 89.0 Å². The fraction of sp³-hybridized carbons (Fsp3) is 0.160. The molecule has 0 fully saturated rings. The molecular formula is C25H24N4O3. The van der Waals surface area contributed by atoms with Gasteiger partial charge in [0.15, 0.2) is 0 Å². The molecule has 0 aliphatic carbocycles. The van der Waals surface area contributed by atoms with Crippen molar-refractivity contribution in [3.05, 3.63) is 100 Å². The maximum atomic E-state index is 12.8. The van der Waals surface area contributed by atoms with Crippen molar-refractivity contribution in [3.63, 3.8) is 0 Å². The summed E-state index contributed by atoms with van der Waals surface area (Å²) in [6.07, 6.45) is 1.74. The van der Waals surface area contributed by atoms with E-state index in [4.69, 9.17) is 4.74 Å². The zero-order valence-corrected chi connectivity index (χ0v) is 18.1. The van der Waals surface area contributed by atoms with E-state index in [0.29, 0.717) is 5.69 Å². The summed E-state index contributed by atoms with van der Waals surface area (Å²) in [6.45, 7) is 3.83. The number of aromatic amines is 1. The molecule has 32 heavy (non-hydrogen) atoms. The standard InChI is InChI=1S/C25H24N4O3/c1-16(22-15-26-29(17(22)2)19-7-5-4-6-8-19)27-24(30)21-13-14-23(28-25(21)31)18-9-11-20(32-3)12-10-18/h4-16H,1-3H3,(H,27,30)(H,28,31)/t16-/m0/s1. The van der Waals surface area contributed by atoms with Crippen LogP contribution in [-0.4, -0.2) is 27.8 Å². The van der Waals surface area contributed by atoms with Crippen molar-refractivity contribution < 1.29 is 9.53 Å². The van der Waals surface area contributed by atoms with Gasteiger partial charge in [0.1, 0.15) is 11.3 Å². The molecule has 2 heterocycles. The van der Waals surface area contributed by atoms with Crippen molar-refractivity contribution in [3.8, 4) is 22.7 Å². The first-order valence-electron chi connectivity index (χ1n) is 10.3. The molecule has 0 bridgehead atoms. The van der Waals surface area contributed by atoms with Gasteiger partial charge < -0.3 is 15.0 Å². The number of carbonyl (C=O) groups excluding carboxylic acids is 1. The molecule has 7 heteroatoms. The summed E-state index contributed by atoms with van der Waals surface area (Å²) < 4.78 is 6.98. The van der Waals surface area contributed by atoms with Crippen molar-refractivity contribution in [2.24, 2.45) is 0 Å². The summed E-state index contributed by atoms with van der Waals surface area (Å²) >= 11 is 0. The number of ether oxygens (including phenoxy) is 1. The Morgan fingerprint density at radius 2 is 1.78 bits per heavy atom. The molecule has 2 N–H and O–H groups in total. The number of carbonyl (C=O) groups is 1. The second kappa shape index (κ2) is 8.93. The molecule has 4 rings (SSSR count). The van der Waals surface area contributed by atoms with Gasteiger partial charge in [0.05, 0.1) is 25.0 Å². The monoisotopic (exact) mass is 428 g/mol.